The van der Waals surface area contributed by atoms with E-state index in [1.807, 2.05) is 13.0 Å². The highest BCUT2D eigenvalue weighted by molar-refractivity contribution is 7.15. The lowest BCUT2D eigenvalue weighted by Crippen LogP contribution is -2.13. The predicted octanol–water partition coefficient (Wildman–Crippen LogP) is 4.39. The molecule has 0 aliphatic heterocycles. The summed E-state index contributed by atoms with van der Waals surface area (Å²) >= 11 is 1.34. The quantitative estimate of drug-likeness (QED) is 0.495. The average Bonchev–Trinajstić information content (AvgIpc) is 3.16. The van der Waals surface area contributed by atoms with E-state index in [0.717, 1.165) is 17.8 Å². The molecular weight excluding hydrogens is 376 g/mol. The highest BCUT2D eigenvalue weighted by atomic mass is 32.1. The maximum absolute atomic E-state index is 12.5. The third-order valence-electron chi connectivity index (χ3n) is 4.16. The lowest BCUT2D eigenvalue weighted by molar-refractivity contribution is -0.112. The molecule has 0 spiro atoms. The van der Waals surface area contributed by atoms with Crippen molar-refractivity contribution in [2.45, 2.75) is 39.5 Å². The average molecular weight is 401 g/mol. The summed E-state index contributed by atoms with van der Waals surface area (Å²) in [5, 5.41) is 21.5. The van der Waals surface area contributed by atoms with Gasteiger partial charge in [-0.05, 0) is 43.5 Å². The molecule has 1 heterocycles. The first kappa shape index (κ1) is 21.4. The van der Waals surface area contributed by atoms with E-state index in [4.69, 9.17) is 9.47 Å². The molecule has 0 aliphatic rings. The van der Waals surface area contributed by atoms with Gasteiger partial charge in [-0.3, -0.25) is 10.1 Å². The molecule has 1 aromatic heterocycles. The fraction of sp³-hybridized carbons (Fsp3) is 0.400. The molecular formula is C20H24N4O3S. The van der Waals surface area contributed by atoms with E-state index in [2.05, 4.69) is 29.4 Å². The van der Waals surface area contributed by atoms with Crippen LogP contribution < -0.4 is 14.8 Å². The number of hydrogen-bond acceptors (Lipinski definition) is 7. The largest absolute Gasteiger partial charge is 0.493 e. The molecule has 1 aromatic carbocycles. The van der Waals surface area contributed by atoms with Gasteiger partial charge in [-0.25, -0.2) is 0 Å². The molecule has 2 aromatic rings. The second-order valence-corrected chi connectivity index (χ2v) is 6.94. The van der Waals surface area contributed by atoms with Crippen LogP contribution in [-0.4, -0.2) is 29.8 Å². The molecule has 0 atom stereocenters. The third kappa shape index (κ3) is 5.30. The number of carbonyl (C=O) groups excluding carboxylic acids is 1. The Hall–Kier alpha value is -2.92. The molecule has 0 unspecified atom stereocenters. The number of aromatic nitrogens is 2. The fourth-order valence-electron chi connectivity index (χ4n) is 2.62. The van der Waals surface area contributed by atoms with Crippen LogP contribution in [0.1, 0.15) is 50.1 Å². The number of hydrogen-bond donors (Lipinski definition) is 1. The topological polar surface area (TPSA) is 97.1 Å². The molecule has 2 rings (SSSR count). The number of methoxy groups -OCH3 is 1. The first-order valence-electron chi connectivity index (χ1n) is 9.13. The second-order valence-electron chi connectivity index (χ2n) is 5.93. The van der Waals surface area contributed by atoms with Gasteiger partial charge in [-0.2, -0.15) is 5.26 Å². The minimum absolute atomic E-state index is 0.0366. The van der Waals surface area contributed by atoms with Crippen molar-refractivity contribution in [1.29, 1.82) is 5.26 Å². The normalized spacial score (nSPS) is 11.2. The zero-order valence-corrected chi connectivity index (χ0v) is 17.3. The summed E-state index contributed by atoms with van der Waals surface area (Å²) in [4.78, 5) is 12.5. The summed E-state index contributed by atoms with van der Waals surface area (Å²) in [5.74, 6) is 0.938. The number of carbonyl (C=O) groups is 1. The van der Waals surface area contributed by atoms with Crippen LogP contribution in [0.4, 0.5) is 5.13 Å². The highest BCUT2D eigenvalue weighted by Crippen LogP contribution is 2.30. The number of amides is 1. The molecule has 0 bridgehead atoms. The second kappa shape index (κ2) is 10.4. The van der Waals surface area contributed by atoms with Gasteiger partial charge in [-0.15, -0.1) is 10.2 Å². The van der Waals surface area contributed by atoms with Gasteiger partial charge in [0.2, 0.25) is 5.13 Å². The van der Waals surface area contributed by atoms with E-state index in [1.165, 1.54) is 24.5 Å². The number of nitrogens with zero attached hydrogens (tertiary/aromatic N) is 3. The number of ether oxygens (including phenoxy) is 2. The van der Waals surface area contributed by atoms with Gasteiger partial charge < -0.3 is 9.47 Å². The van der Waals surface area contributed by atoms with Crippen LogP contribution in [0.3, 0.4) is 0 Å². The summed E-state index contributed by atoms with van der Waals surface area (Å²) in [6, 6.07) is 7.15. The molecule has 8 heteroatoms. The standard InChI is InChI=1S/C20H24N4O3S/c1-5-14(6-2)19-23-24-20(28-19)22-18(25)15(12-21)10-13-8-9-16(27-7-3)17(11-13)26-4/h8-11,14H,5-7H2,1-4H3,(H,22,24,25)/b15-10-. The SMILES string of the molecule is CCOc1ccc(/C=C(/C#N)C(=O)Nc2nnc(C(CC)CC)s2)cc1OC. The van der Waals surface area contributed by atoms with E-state index < -0.39 is 5.91 Å². The number of rotatable bonds is 9. The van der Waals surface area contributed by atoms with Gasteiger partial charge in [-0.1, -0.05) is 31.3 Å². The van der Waals surface area contributed by atoms with Crippen molar-refractivity contribution in [1.82, 2.24) is 10.2 Å². The Morgan fingerprint density at radius 3 is 2.64 bits per heavy atom. The molecule has 0 aliphatic carbocycles. The van der Waals surface area contributed by atoms with Gasteiger partial charge in [0.1, 0.15) is 16.6 Å². The van der Waals surface area contributed by atoms with Crippen molar-refractivity contribution in [2.75, 3.05) is 19.0 Å². The van der Waals surface area contributed by atoms with Crippen molar-refractivity contribution in [3.63, 3.8) is 0 Å². The molecule has 7 nitrogen and oxygen atoms in total. The molecule has 0 fully saturated rings. The molecule has 1 N–H and O–H groups in total. The van der Waals surface area contributed by atoms with Gasteiger partial charge in [0.05, 0.1) is 13.7 Å². The maximum atomic E-state index is 12.5. The number of nitriles is 1. The van der Waals surface area contributed by atoms with Crippen LogP contribution in [0.5, 0.6) is 11.5 Å². The first-order valence-corrected chi connectivity index (χ1v) is 9.95. The summed E-state index contributed by atoms with van der Waals surface area (Å²) < 4.78 is 10.8. The molecule has 28 heavy (non-hydrogen) atoms. The lowest BCUT2D eigenvalue weighted by Gasteiger charge is -2.09. The minimum Gasteiger partial charge on any atom is -0.493 e. The number of benzene rings is 1. The third-order valence-corrected chi connectivity index (χ3v) is 5.16. The van der Waals surface area contributed by atoms with Crippen molar-refractivity contribution in [3.05, 3.63) is 34.3 Å². The van der Waals surface area contributed by atoms with Crippen LogP contribution in [0, 0.1) is 11.3 Å². The van der Waals surface area contributed by atoms with Crippen LogP contribution >= 0.6 is 11.3 Å². The Morgan fingerprint density at radius 1 is 1.29 bits per heavy atom. The molecule has 0 saturated heterocycles. The maximum Gasteiger partial charge on any atom is 0.268 e. The summed E-state index contributed by atoms with van der Waals surface area (Å²) in [6.45, 7) is 6.58. The van der Waals surface area contributed by atoms with E-state index in [1.54, 1.807) is 18.2 Å². The van der Waals surface area contributed by atoms with Gasteiger partial charge in [0, 0.05) is 5.92 Å². The van der Waals surface area contributed by atoms with Crippen molar-refractivity contribution in [3.8, 4) is 17.6 Å². The number of nitrogens with one attached hydrogen (secondary N) is 1. The molecule has 0 saturated carbocycles. The summed E-state index contributed by atoms with van der Waals surface area (Å²) in [6.07, 6.45) is 3.42. The predicted molar refractivity (Wildman–Crippen MR) is 110 cm³/mol. The molecule has 1 amide bonds. The molecule has 148 valence electrons. The summed E-state index contributed by atoms with van der Waals surface area (Å²) in [7, 11) is 1.54. The Balaban J connectivity index is 2.18. The Labute approximate surface area is 169 Å². The number of anilines is 1. The van der Waals surface area contributed by atoms with Crippen LogP contribution in [0.25, 0.3) is 6.08 Å². The van der Waals surface area contributed by atoms with E-state index in [9.17, 15) is 10.1 Å². The van der Waals surface area contributed by atoms with Crippen molar-refractivity contribution >= 4 is 28.5 Å². The van der Waals surface area contributed by atoms with Crippen molar-refractivity contribution < 1.29 is 14.3 Å². The molecule has 0 radical (unpaired) electrons. The van der Waals surface area contributed by atoms with Crippen LogP contribution in [0.15, 0.2) is 23.8 Å². The Kier molecular flexibility index (Phi) is 7.96. The van der Waals surface area contributed by atoms with Crippen LogP contribution in [-0.2, 0) is 4.79 Å². The van der Waals surface area contributed by atoms with Gasteiger partial charge in [0.15, 0.2) is 11.5 Å². The monoisotopic (exact) mass is 400 g/mol. The zero-order chi connectivity index (χ0) is 20.5. The fourth-order valence-corrected chi connectivity index (χ4v) is 3.62. The van der Waals surface area contributed by atoms with E-state index >= 15 is 0 Å². The van der Waals surface area contributed by atoms with E-state index in [0.29, 0.717) is 34.7 Å². The Morgan fingerprint density at radius 2 is 2.04 bits per heavy atom. The van der Waals surface area contributed by atoms with Crippen molar-refractivity contribution in [2.24, 2.45) is 0 Å². The van der Waals surface area contributed by atoms with E-state index in [-0.39, 0.29) is 5.57 Å². The summed E-state index contributed by atoms with van der Waals surface area (Å²) in [5.41, 5.74) is 0.618. The lowest BCUT2D eigenvalue weighted by atomic mass is 10.1. The van der Waals surface area contributed by atoms with Gasteiger partial charge >= 0.3 is 0 Å². The minimum atomic E-state index is -0.525. The smallest absolute Gasteiger partial charge is 0.268 e. The van der Waals surface area contributed by atoms with Gasteiger partial charge in [0.25, 0.3) is 5.91 Å². The van der Waals surface area contributed by atoms with Crippen LogP contribution in [0.2, 0.25) is 0 Å². The Bertz CT molecular complexity index is 882. The first-order chi connectivity index (χ1) is 13.6. The zero-order valence-electron chi connectivity index (χ0n) is 16.5. The highest BCUT2D eigenvalue weighted by Gasteiger charge is 2.16.